The monoisotopic (exact) mass is 285 g/mol. The minimum Gasteiger partial charge on any atom is -0.396 e. The number of nitrogens with zero attached hydrogens (tertiary/aromatic N) is 2. The minimum absolute atomic E-state index is 0.0857. The molecule has 3 aliphatic rings. The lowest BCUT2D eigenvalue weighted by molar-refractivity contribution is 0.0880. The molecule has 0 saturated heterocycles. The van der Waals surface area contributed by atoms with Crippen LogP contribution in [0.2, 0.25) is 0 Å². The Morgan fingerprint density at radius 1 is 1.43 bits per heavy atom. The van der Waals surface area contributed by atoms with E-state index in [0.717, 1.165) is 36.1 Å². The maximum atomic E-state index is 14.3. The van der Waals surface area contributed by atoms with Gasteiger partial charge in [0.1, 0.15) is 5.83 Å². The standard InChI is InChI=1S/C17H20FN3/c1-2-15-13-5-4-12(10-19)11-21(15)17(7-3-8-17)9-6-14(18)16(13)20/h2,6,11H,3-5,7-9,20H2,1H3/b14-6+,15-2-,16-13+. The molecule has 0 radical (unpaired) electrons. The molecular weight excluding hydrogens is 265 g/mol. The zero-order valence-corrected chi connectivity index (χ0v) is 12.3. The SMILES string of the molecule is C/C=C1/C2=C(N)\C(F)=C/CC3(CCC3)N1C=C(C#N)CC2. The summed E-state index contributed by atoms with van der Waals surface area (Å²) in [4.78, 5) is 2.20. The predicted molar refractivity (Wildman–Crippen MR) is 80.1 cm³/mol. The minimum atomic E-state index is -0.310. The molecule has 0 aromatic heterocycles. The van der Waals surface area contributed by atoms with Crippen LogP contribution in [0.1, 0.15) is 45.4 Å². The van der Waals surface area contributed by atoms with Crippen molar-refractivity contribution in [3.8, 4) is 6.07 Å². The van der Waals surface area contributed by atoms with E-state index in [0.29, 0.717) is 19.3 Å². The van der Waals surface area contributed by atoms with Gasteiger partial charge in [0.15, 0.2) is 0 Å². The van der Waals surface area contributed by atoms with Crippen LogP contribution in [-0.2, 0) is 0 Å². The summed E-state index contributed by atoms with van der Waals surface area (Å²) in [7, 11) is 0. The Hall–Kier alpha value is -2.02. The van der Waals surface area contributed by atoms with Crippen molar-refractivity contribution in [2.24, 2.45) is 5.73 Å². The van der Waals surface area contributed by atoms with Gasteiger partial charge in [-0.1, -0.05) is 6.08 Å². The molecule has 1 fully saturated rings. The number of hydrogen-bond donors (Lipinski definition) is 1. The summed E-state index contributed by atoms with van der Waals surface area (Å²) in [5.41, 5.74) is 8.72. The van der Waals surface area contributed by atoms with Gasteiger partial charge in [-0.25, -0.2) is 4.39 Å². The van der Waals surface area contributed by atoms with Crippen LogP contribution in [0, 0.1) is 11.3 Å². The highest BCUT2D eigenvalue weighted by molar-refractivity contribution is 5.46. The van der Waals surface area contributed by atoms with E-state index in [-0.39, 0.29) is 17.1 Å². The second-order valence-electron chi connectivity index (χ2n) is 6.04. The van der Waals surface area contributed by atoms with Gasteiger partial charge >= 0.3 is 0 Å². The largest absolute Gasteiger partial charge is 0.396 e. The molecule has 2 N–H and O–H groups in total. The molecule has 0 aromatic rings. The molecule has 0 aromatic carbocycles. The second kappa shape index (κ2) is 5.07. The molecule has 0 atom stereocenters. The van der Waals surface area contributed by atoms with Gasteiger partial charge in [0.05, 0.1) is 11.8 Å². The molecule has 110 valence electrons. The average Bonchev–Trinajstić information content (AvgIpc) is 2.64. The Kier molecular flexibility index (Phi) is 3.36. The van der Waals surface area contributed by atoms with E-state index in [1.54, 1.807) is 6.08 Å². The number of fused-ring (bicyclic) bond motifs is 3. The Balaban J connectivity index is 2.21. The molecule has 3 rings (SSSR count). The number of nitriles is 1. The Morgan fingerprint density at radius 2 is 2.19 bits per heavy atom. The summed E-state index contributed by atoms with van der Waals surface area (Å²) >= 11 is 0. The predicted octanol–water partition coefficient (Wildman–Crippen LogP) is 3.79. The Morgan fingerprint density at radius 3 is 2.76 bits per heavy atom. The van der Waals surface area contributed by atoms with Crippen LogP contribution >= 0.6 is 0 Å². The smallest absolute Gasteiger partial charge is 0.142 e. The first-order valence-electron chi connectivity index (χ1n) is 7.53. The molecular formula is C17H20FN3. The lowest BCUT2D eigenvalue weighted by Crippen LogP contribution is -2.51. The third-order valence-electron chi connectivity index (χ3n) is 4.95. The summed E-state index contributed by atoms with van der Waals surface area (Å²) in [6.45, 7) is 1.95. The van der Waals surface area contributed by atoms with Crippen LogP contribution in [0.5, 0.6) is 0 Å². The first-order valence-corrected chi connectivity index (χ1v) is 7.53. The molecule has 21 heavy (non-hydrogen) atoms. The number of allylic oxidation sites excluding steroid dienone is 4. The van der Waals surface area contributed by atoms with E-state index in [2.05, 4.69) is 11.0 Å². The van der Waals surface area contributed by atoms with Crippen LogP contribution in [0.25, 0.3) is 0 Å². The van der Waals surface area contributed by atoms with Gasteiger partial charge in [-0.2, -0.15) is 5.26 Å². The van der Waals surface area contributed by atoms with Crippen LogP contribution in [0.15, 0.2) is 46.7 Å². The molecule has 1 saturated carbocycles. The van der Waals surface area contributed by atoms with Crippen molar-refractivity contribution in [3.63, 3.8) is 0 Å². The third kappa shape index (κ3) is 2.08. The molecule has 1 spiro atoms. The summed E-state index contributed by atoms with van der Waals surface area (Å²) in [6.07, 6.45) is 10.6. The molecule has 4 heteroatoms. The zero-order chi connectivity index (χ0) is 15.0. The van der Waals surface area contributed by atoms with Crippen molar-refractivity contribution in [3.05, 3.63) is 46.7 Å². The first kappa shape index (κ1) is 13.9. The number of hydrogen-bond acceptors (Lipinski definition) is 3. The van der Waals surface area contributed by atoms with E-state index in [1.807, 2.05) is 19.2 Å². The summed E-state index contributed by atoms with van der Waals surface area (Å²) < 4.78 is 14.3. The van der Waals surface area contributed by atoms with Crippen LogP contribution < -0.4 is 5.73 Å². The van der Waals surface area contributed by atoms with Gasteiger partial charge in [0.2, 0.25) is 0 Å². The van der Waals surface area contributed by atoms with Crippen molar-refractivity contribution >= 4 is 0 Å². The highest BCUT2D eigenvalue weighted by Gasteiger charge is 2.44. The van der Waals surface area contributed by atoms with Crippen molar-refractivity contribution in [1.82, 2.24) is 4.90 Å². The average molecular weight is 285 g/mol. The number of halogens is 1. The second-order valence-corrected chi connectivity index (χ2v) is 6.04. The van der Waals surface area contributed by atoms with Crippen LogP contribution in [-0.4, -0.2) is 10.4 Å². The fraction of sp³-hybridized carbons (Fsp3) is 0.471. The lowest BCUT2D eigenvalue weighted by Gasteiger charge is -2.51. The topological polar surface area (TPSA) is 53.0 Å². The van der Waals surface area contributed by atoms with E-state index in [1.165, 1.54) is 0 Å². The molecule has 2 heterocycles. The lowest BCUT2D eigenvalue weighted by atomic mass is 9.72. The molecule has 3 nitrogen and oxygen atoms in total. The van der Waals surface area contributed by atoms with Gasteiger partial charge in [0, 0.05) is 28.6 Å². The van der Waals surface area contributed by atoms with Crippen LogP contribution in [0.4, 0.5) is 4.39 Å². The number of rotatable bonds is 0. The highest BCUT2D eigenvalue weighted by atomic mass is 19.1. The maximum absolute atomic E-state index is 14.3. The van der Waals surface area contributed by atoms with Gasteiger partial charge in [0.25, 0.3) is 0 Å². The van der Waals surface area contributed by atoms with E-state index in [9.17, 15) is 9.65 Å². The van der Waals surface area contributed by atoms with Crippen molar-refractivity contribution < 1.29 is 4.39 Å². The molecule has 1 aliphatic carbocycles. The van der Waals surface area contributed by atoms with Gasteiger partial charge < -0.3 is 10.6 Å². The van der Waals surface area contributed by atoms with E-state index < -0.39 is 0 Å². The van der Waals surface area contributed by atoms with E-state index >= 15 is 0 Å². The fourth-order valence-electron chi connectivity index (χ4n) is 3.55. The quantitative estimate of drug-likeness (QED) is 0.736. The maximum Gasteiger partial charge on any atom is 0.142 e. The molecule has 0 amide bonds. The molecule has 0 unspecified atom stereocenters. The van der Waals surface area contributed by atoms with Gasteiger partial charge in [-0.05, 0) is 51.5 Å². The summed E-state index contributed by atoms with van der Waals surface area (Å²) in [5.74, 6) is -0.310. The van der Waals surface area contributed by atoms with Gasteiger partial charge in [-0.3, -0.25) is 0 Å². The zero-order valence-electron chi connectivity index (χ0n) is 12.3. The third-order valence-corrected chi connectivity index (χ3v) is 4.95. The number of nitrogens with two attached hydrogens (primary N) is 1. The first-order chi connectivity index (χ1) is 10.1. The summed E-state index contributed by atoms with van der Waals surface area (Å²) in [5, 5.41) is 9.32. The molecule has 2 bridgehead atoms. The van der Waals surface area contributed by atoms with Gasteiger partial charge in [-0.15, -0.1) is 0 Å². The molecule has 2 aliphatic heterocycles. The summed E-state index contributed by atoms with van der Waals surface area (Å²) in [6, 6.07) is 2.27. The fourth-order valence-corrected chi connectivity index (χ4v) is 3.55. The van der Waals surface area contributed by atoms with Crippen molar-refractivity contribution in [1.29, 1.82) is 5.26 Å². The van der Waals surface area contributed by atoms with Crippen molar-refractivity contribution in [2.75, 3.05) is 0 Å². The Bertz CT molecular complexity index is 627. The van der Waals surface area contributed by atoms with Crippen molar-refractivity contribution in [2.45, 2.75) is 51.0 Å². The normalized spacial score (nSPS) is 32.2. The highest BCUT2D eigenvalue weighted by Crippen LogP contribution is 2.48. The van der Waals surface area contributed by atoms with Crippen LogP contribution in [0.3, 0.4) is 0 Å². The Labute approximate surface area is 124 Å². The van der Waals surface area contributed by atoms with E-state index in [4.69, 9.17) is 5.73 Å².